The summed E-state index contributed by atoms with van der Waals surface area (Å²) < 4.78 is 6.40. The molecule has 0 aliphatic heterocycles. The van der Waals surface area contributed by atoms with Gasteiger partial charge >= 0.3 is 5.97 Å². The Morgan fingerprint density at radius 1 is 0.974 bits per heavy atom. The molecule has 5 nitrogen and oxygen atoms in total. The van der Waals surface area contributed by atoms with Crippen LogP contribution in [0.15, 0.2) is 66.7 Å². The minimum Gasteiger partial charge on any atom is -0.490 e. The molecule has 38 heavy (non-hydrogen) atoms. The van der Waals surface area contributed by atoms with Gasteiger partial charge in [0.25, 0.3) is 0 Å². The normalized spacial score (nSPS) is 21.6. The predicted octanol–water partition coefficient (Wildman–Crippen LogP) is 6.75. The van der Waals surface area contributed by atoms with Crippen molar-refractivity contribution in [2.45, 2.75) is 69.1 Å². The number of rotatable bonds is 8. The second-order valence-electron chi connectivity index (χ2n) is 10.3. The van der Waals surface area contributed by atoms with Crippen LogP contribution in [-0.4, -0.2) is 34.9 Å². The van der Waals surface area contributed by atoms with E-state index < -0.39 is 12.1 Å². The van der Waals surface area contributed by atoms with Gasteiger partial charge in [-0.05, 0) is 97.2 Å². The lowest BCUT2D eigenvalue weighted by Crippen LogP contribution is -2.37. The number of nitrogens with one attached hydrogen (secondary N) is 1. The molecule has 2 aliphatic carbocycles. The van der Waals surface area contributed by atoms with Gasteiger partial charge in [-0.2, -0.15) is 0 Å². The largest absolute Gasteiger partial charge is 0.490 e. The molecule has 0 spiro atoms. The molecule has 0 radical (unpaired) electrons. The number of benzene rings is 3. The fourth-order valence-corrected chi connectivity index (χ4v) is 5.86. The maximum absolute atomic E-state index is 11.2. The summed E-state index contributed by atoms with van der Waals surface area (Å²) in [5, 5.41) is 24.0. The Morgan fingerprint density at radius 3 is 2.45 bits per heavy atom. The van der Waals surface area contributed by atoms with E-state index in [4.69, 9.17) is 21.4 Å². The molecule has 1 saturated carbocycles. The summed E-state index contributed by atoms with van der Waals surface area (Å²) >= 11 is 5.97. The third-order valence-corrected chi connectivity index (χ3v) is 8.08. The molecule has 0 aromatic heterocycles. The molecule has 0 bridgehead atoms. The molecule has 2 unspecified atom stereocenters. The predicted molar refractivity (Wildman–Crippen MR) is 153 cm³/mol. The topological polar surface area (TPSA) is 78.8 Å². The third-order valence-electron chi connectivity index (χ3n) is 7.83. The molecule has 3 aromatic carbocycles. The molecule has 5 rings (SSSR count). The molecular formula is C31H35Cl2NO4. The SMILES string of the molecule is Cl.O=C(O)c1ccc(OC2CCCCC2c2ccc3c(c2)C[C@@H](NC[C@@H](O)c2ccc(Cl)cc2)CC3)cc1. The van der Waals surface area contributed by atoms with Gasteiger partial charge in [0.2, 0.25) is 0 Å². The zero-order chi connectivity index (χ0) is 25.8. The quantitative estimate of drug-likeness (QED) is 0.286. The van der Waals surface area contributed by atoms with Crippen LogP contribution in [0, 0.1) is 0 Å². The summed E-state index contributed by atoms with van der Waals surface area (Å²) in [6.45, 7) is 0.514. The number of carboxylic acids is 1. The molecule has 202 valence electrons. The van der Waals surface area contributed by atoms with Crippen LogP contribution in [0.1, 0.15) is 76.7 Å². The second-order valence-corrected chi connectivity index (χ2v) is 10.8. The van der Waals surface area contributed by atoms with Gasteiger partial charge in [0, 0.05) is 23.5 Å². The van der Waals surface area contributed by atoms with Crippen molar-refractivity contribution in [3.05, 3.63) is 99.6 Å². The standard InChI is InChI=1S/C31H34ClNO4.ClH/c32-25-12-7-21(8-13-25)29(34)19-33-26-14-9-20-5-6-23(17-24(20)18-26)28-3-1-2-4-30(28)37-27-15-10-22(11-16-27)31(35)36;/h5-8,10-13,15-17,26,28-30,33-34H,1-4,9,14,18-19H2,(H,35,36);1H/t26-,28?,29+,30?;/m0./s1. The number of halogens is 2. The maximum Gasteiger partial charge on any atom is 0.335 e. The Bertz CT molecular complexity index is 1220. The Hall–Kier alpha value is -2.57. The van der Waals surface area contributed by atoms with Gasteiger partial charge in [0.15, 0.2) is 0 Å². The molecule has 7 heteroatoms. The number of aliphatic hydroxyl groups is 1. The lowest BCUT2D eigenvalue weighted by atomic mass is 9.79. The maximum atomic E-state index is 11.2. The van der Waals surface area contributed by atoms with E-state index in [2.05, 4.69) is 23.5 Å². The van der Waals surface area contributed by atoms with Crippen molar-refractivity contribution < 1.29 is 19.7 Å². The summed E-state index contributed by atoms with van der Waals surface area (Å²) in [7, 11) is 0. The Balaban J connectivity index is 0.00000336. The number of aliphatic hydroxyl groups excluding tert-OH is 1. The number of carboxylic acid groups (broad SMARTS) is 1. The highest BCUT2D eigenvalue weighted by molar-refractivity contribution is 6.30. The third kappa shape index (κ3) is 6.89. The zero-order valence-corrected chi connectivity index (χ0v) is 22.9. The summed E-state index contributed by atoms with van der Waals surface area (Å²) in [6, 6.07) is 21.4. The minimum absolute atomic E-state index is 0. The highest BCUT2D eigenvalue weighted by atomic mass is 35.5. The first-order valence-corrected chi connectivity index (χ1v) is 13.6. The van der Waals surface area contributed by atoms with Gasteiger partial charge in [-0.1, -0.05) is 48.4 Å². The molecule has 3 aromatic rings. The van der Waals surface area contributed by atoms with Crippen LogP contribution in [0.2, 0.25) is 5.02 Å². The highest BCUT2D eigenvalue weighted by Crippen LogP contribution is 2.37. The van der Waals surface area contributed by atoms with Crippen LogP contribution < -0.4 is 10.1 Å². The molecule has 0 amide bonds. The van der Waals surface area contributed by atoms with Crippen molar-refractivity contribution in [3.63, 3.8) is 0 Å². The Kier molecular flexibility index (Phi) is 9.72. The molecule has 1 fully saturated rings. The van der Waals surface area contributed by atoms with Crippen molar-refractivity contribution in [2.24, 2.45) is 0 Å². The van der Waals surface area contributed by atoms with Gasteiger partial charge in [-0.3, -0.25) is 0 Å². The second kappa shape index (κ2) is 13.0. The number of aryl methyl sites for hydroxylation is 1. The fourth-order valence-electron chi connectivity index (χ4n) is 5.73. The van der Waals surface area contributed by atoms with E-state index in [1.54, 1.807) is 24.3 Å². The first kappa shape index (κ1) is 28.4. The van der Waals surface area contributed by atoms with Crippen LogP contribution in [0.25, 0.3) is 0 Å². The van der Waals surface area contributed by atoms with E-state index in [1.165, 1.54) is 23.1 Å². The Labute approximate surface area is 235 Å². The molecule has 4 atom stereocenters. The van der Waals surface area contributed by atoms with Crippen molar-refractivity contribution in [1.29, 1.82) is 0 Å². The first-order chi connectivity index (χ1) is 18.0. The van der Waals surface area contributed by atoms with Crippen molar-refractivity contribution >= 4 is 30.0 Å². The van der Waals surface area contributed by atoms with E-state index in [0.29, 0.717) is 23.5 Å². The van der Waals surface area contributed by atoms with Gasteiger partial charge < -0.3 is 20.3 Å². The molecule has 0 heterocycles. The van der Waals surface area contributed by atoms with E-state index in [1.807, 2.05) is 24.3 Å². The van der Waals surface area contributed by atoms with Gasteiger partial charge in [-0.15, -0.1) is 12.4 Å². The number of hydrogen-bond donors (Lipinski definition) is 3. The number of carbonyl (C=O) groups is 1. The number of fused-ring (bicyclic) bond motifs is 1. The molecule has 3 N–H and O–H groups in total. The van der Waals surface area contributed by atoms with Crippen LogP contribution in [0.4, 0.5) is 0 Å². The van der Waals surface area contributed by atoms with Crippen molar-refractivity contribution in [3.8, 4) is 5.75 Å². The van der Waals surface area contributed by atoms with Crippen LogP contribution in [0.3, 0.4) is 0 Å². The van der Waals surface area contributed by atoms with Crippen molar-refractivity contribution in [1.82, 2.24) is 5.32 Å². The summed E-state index contributed by atoms with van der Waals surface area (Å²) in [5.74, 6) is 0.116. The monoisotopic (exact) mass is 555 g/mol. The number of ether oxygens (including phenoxy) is 1. The van der Waals surface area contributed by atoms with E-state index in [0.717, 1.165) is 49.8 Å². The van der Waals surface area contributed by atoms with E-state index in [-0.39, 0.29) is 24.1 Å². The number of hydrogen-bond acceptors (Lipinski definition) is 4. The molecule has 0 saturated heterocycles. The zero-order valence-electron chi connectivity index (χ0n) is 21.3. The van der Waals surface area contributed by atoms with E-state index >= 15 is 0 Å². The summed E-state index contributed by atoms with van der Waals surface area (Å²) in [6.07, 6.45) is 6.97. The Morgan fingerprint density at radius 2 is 1.71 bits per heavy atom. The van der Waals surface area contributed by atoms with Crippen LogP contribution in [0.5, 0.6) is 5.75 Å². The van der Waals surface area contributed by atoms with E-state index in [9.17, 15) is 9.90 Å². The summed E-state index contributed by atoms with van der Waals surface area (Å²) in [4.78, 5) is 11.2. The summed E-state index contributed by atoms with van der Waals surface area (Å²) in [5.41, 5.74) is 5.27. The lowest BCUT2D eigenvalue weighted by Gasteiger charge is -2.33. The molecular weight excluding hydrogens is 521 g/mol. The van der Waals surface area contributed by atoms with Gasteiger partial charge in [0.05, 0.1) is 11.7 Å². The average Bonchev–Trinajstić information content (AvgIpc) is 2.92. The smallest absolute Gasteiger partial charge is 0.335 e. The van der Waals surface area contributed by atoms with Crippen LogP contribution in [-0.2, 0) is 12.8 Å². The lowest BCUT2D eigenvalue weighted by molar-refractivity contribution is 0.0696. The van der Waals surface area contributed by atoms with Crippen molar-refractivity contribution in [2.75, 3.05) is 6.54 Å². The van der Waals surface area contributed by atoms with Gasteiger partial charge in [0.1, 0.15) is 11.9 Å². The fraction of sp³-hybridized carbons (Fsp3) is 0.387. The van der Waals surface area contributed by atoms with Gasteiger partial charge in [-0.25, -0.2) is 4.79 Å². The first-order valence-electron chi connectivity index (χ1n) is 13.2. The molecule has 2 aliphatic rings. The average molecular weight is 557 g/mol. The minimum atomic E-state index is -0.927. The van der Waals surface area contributed by atoms with Crippen LogP contribution >= 0.6 is 24.0 Å². The highest BCUT2D eigenvalue weighted by Gasteiger charge is 2.29. The number of aromatic carboxylic acids is 1.